The van der Waals surface area contributed by atoms with Crippen LogP contribution in [0.5, 0.6) is 0 Å². The number of likely N-dealkylation sites (N-methyl/N-ethyl adjacent to an activating group) is 1. The molecule has 88 valence electrons. The van der Waals surface area contributed by atoms with Gasteiger partial charge in [0.1, 0.15) is 0 Å². The number of rotatable bonds is 4. The van der Waals surface area contributed by atoms with E-state index in [1.54, 1.807) is 0 Å². The Balaban J connectivity index is 2.16. The number of nitrogens with one attached hydrogen (secondary N) is 1. The Hall–Kier alpha value is -1.12. The highest BCUT2D eigenvalue weighted by atomic mass is 79.9. The van der Waals surface area contributed by atoms with Gasteiger partial charge in [-0.2, -0.15) is 0 Å². The third-order valence-corrected chi connectivity index (χ3v) is 3.37. The van der Waals surface area contributed by atoms with E-state index in [-0.39, 0.29) is 0 Å². The standard InChI is InChI=1S/C15H16BrN/c1-17-15(13-7-3-2-4-8-13)11-12-6-5-9-14(16)10-12/h2-10,15,17H,11H2,1H3. The minimum absolute atomic E-state index is 0.366. The zero-order valence-corrected chi connectivity index (χ0v) is 11.4. The molecule has 0 aliphatic heterocycles. The van der Waals surface area contributed by atoms with Gasteiger partial charge in [0.25, 0.3) is 0 Å². The molecule has 17 heavy (non-hydrogen) atoms. The fraction of sp³-hybridized carbons (Fsp3) is 0.200. The van der Waals surface area contributed by atoms with Crippen LogP contribution < -0.4 is 5.32 Å². The summed E-state index contributed by atoms with van der Waals surface area (Å²) in [5, 5.41) is 3.37. The van der Waals surface area contributed by atoms with E-state index in [2.05, 4.69) is 75.8 Å². The van der Waals surface area contributed by atoms with Crippen molar-refractivity contribution in [1.29, 1.82) is 0 Å². The third-order valence-electron chi connectivity index (χ3n) is 2.88. The third kappa shape index (κ3) is 3.42. The Kier molecular flexibility index (Phi) is 4.35. The second kappa shape index (κ2) is 5.99. The molecule has 0 radical (unpaired) electrons. The molecule has 0 fully saturated rings. The van der Waals surface area contributed by atoms with Crippen LogP contribution >= 0.6 is 15.9 Å². The summed E-state index contributed by atoms with van der Waals surface area (Å²) in [5.74, 6) is 0. The van der Waals surface area contributed by atoms with Crippen molar-refractivity contribution in [3.63, 3.8) is 0 Å². The minimum Gasteiger partial charge on any atom is -0.313 e. The molecule has 0 aromatic heterocycles. The number of hydrogen-bond donors (Lipinski definition) is 1. The predicted molar refractivity (Wildman–Crippen MR) is 76.1 cm³/mol. The topological polar surface area (TPSA) is 12.0 Å². The molecule has 0 saturated heterocycles. The second-order valence-corrected chi connectivity index (χ2v) is 5.00. The first kappa shape index (κ1) is 12.3. The maximum absolute atomic E-state index is 3.51. The van der Waals surface area contributed by atoms with E-state index in [0.717, 1.165) is 10.9 Å². The fourth-order valence-corrected chi connectivity index (χ4v) is 2.42. The van der Waals surface area contributed by atoms with Crippen LogP contribution in [0.15, 0.2) is 59.1 Å². The van der Waals surface area contributed by atoms with Gasteiger partial charge in [0.15, 0.2) is 0 Å². The summed E-state index contributed by atoms with van der Waals surface area (Å²) in [6, 6.07) is 19.4. The van der Waals surface area contributed by atoms with Crippen molar-refractivity contribution in [3.8, 4) is 0 Å². The largest absolute Gasteiger partial charge is 0.313 e. The van der Waals surface area contributed by atoms with E-state index >= 15 is 0 Å². The van der Waals surface area contributed by atoms with Crippen LogP contribution in [0.2, 0.25) is 0 Å². The Bertz CT molecular complexity index is 467. The van der Waals surface area contributed by atoms with Crippen molar-refractivity contribution >= 4 is 15.9 Å². The first-order valence-electron chi connectivity index (χ1n) is 5.76. The van der Waals surface area contributed by atoms with Gasteiger partial charge in [-0.3, -0.25) is 0 Å². The molecule has 1 nitrogen and oxygen atoms in total. The van der Waals surface area contributed by atoms with Gasteiger partial charge in [-0.15, -0.1) is 0 Å². The first-order chi connectivity index (χ1) is 8.29. The molecule has 2 heteroatoms. The molecular weight excluding hydrogens is 274 g/mol. The Labute approximate surface area is 111 Å². The van der Waals surface area contributed by atoms with Crippen molar-refractivity contribution in [2.75, 3.05) is 7.05 Å². The van der Waals surface area contributed by atoms with E-state index < -0.39 is 0 Å². The Morgan fingerprint density at radius 1 is 1.06 bits per heavy atom. The molecular formula is C15H16BrN. The number of hydrogen-bond acceptors (Lipinski definition) is 1. The molecule has 0 aliphatic rings. The molecule has 1 N–H and O–H groups in total. The van der Waals surface area contributed by atoms with Gasteiger partial charge in [0.05, 0.1) is 0 Å². The highest BCUT2D eigenvalue weighted by Crippen LogP contribution is 2.20. The first-order valence-corrected chi connectivity index (χ1v) is 6.55. The van der Waals surface area contributed by atoms with Gasteiger partial charge in [0.2, 0.25) is 0 Å². The van der Waals surface area contributed by atoms with Gasteiger partial charge in [-0.05, 0) is 36.7 Å². The van der Waals surface area contributed by atoms with Crippen molar-refractivity contribution in [3.05, 3.63) is 70.2 Å². The van der Waals surface area contributed by atoms with Crippen LogP contribution in [0.1, 0.15) is 17.2 Å². The maximum Gasteiger partial charge on any atom is 0.0358 e. The maximum atomic E-state index is 3.51. The Morgan fingerprint density at radius 2 is 1.82 bits per heavy atom. The molecule has 0 spiro atoms. The van der Waals surface area contributed by atoms with Crippen LogP contribution in [-0.2, 0) is 6.42 Å². The summed E-state index contributed by atoms with van der Waals surface area (Å²) in [4.78, 5) is 0. The van der Waals surface area contributed by atoms with Crippen molar-refractivity contribution in [1.82, 2.24) is 5.32 Å². The summed E-state index contributed by atoms with van der Waals surface area (Å²) in [7, 11) is 2.01. The van der Waals surface area contributed by atoms with E-state index in [9.17, 15) is 0 Å². The molecule has 0 aliphatic carbocycles. The fourth-order valence-electron chi connectivity index (χ4n) is 1.97. The Morgan fingerprint density at radius 3 is 2.47 bits per heavy atom. The quantitative estimate of drug-likeness (QED) is 0.899. The number of halogens is 1. The van der Waals surface area contributed by atoms with Crippen LogP contribution in [-0.4, -0.2) is 7.05 Å². The van der Waals surface area contributed by atoms with Crippen molar-refractivity contribution in [2.45, 2.75) is 12.5 Å². The SMILES string of the molecule is CNC(Cc1cccc(Br)c1)c1ccccc1. The lowest BCUT2D eigenvalue weighted by Gasteiger charge is -2.16. The molecule has 1 atom stereocenters. The summed E-state index contributed by atoms with van der Waals surface area (Å²) in [5.41, 5.74) is 2.66. The van der Waals surface area contributed by atoms with E-state index in [0.29, 0.717) is 6.04 Å². The van der Waals surface area contributed by atoms with E-state index in [4.69, 9.17) is 0 Å². The van der Waals surface area contributed by atoms with Gasteiger partial charge in [-0.25, -0.2) is 0 Å². The molecule has 2 aromatic carbocycles. The van der Waals surface area contributed by atoms with E-state index in [1.165, 1.54) is 11.1 Å². The summed E-state index contributed by atoms with van der Waals surface area (Å²) in [6.45, 7) is 0. The zero-order valence-electron chi connectivity index (χ0n) is 9.86. The molecule has 0 amide bonds. The van der Waals surface area contributed by atoms with E-state index in [1.807, 2.05) is 7.05 Å². The lowest BCUT2D eigenvalue weighted by Crippen LogP contribution is -2.18. The van der Waals surface area contributed by atoms with Gasteiger partial charge >= 0.3 is 0 Å². The lowest BCUT2D eigenvalue weighted by molar-refractivity contribution is 0.592. The molecule has 1 unspecified atom stereocenters. The summed E-state index contributed by atoms with van der Waals surface area (Å²) < 4.78 is 1.14. The number of benzene rings is 2. The minimum atomic E-state index is 0.366. The van der Waals surface area contributed by atoms with Crippen molar-refractivity contribution < 1.29 is 0 Å². The van der Waals surface area contributed by atoms with Gasteiger partial charge in [0, 0.05) is 10.5 Å². The van der Waals surface area contributed by atoms with Crippen LogP contribution in [0.25, 0.3) is 0 Å². The lowest BCUT2D eigenvalue weighted by atomic mass is 9.99. The van der Waals surface area contributed by atoms with Gasteiger partial charge < -0.3 is 5.32 Å². The average molecular weight is 290 g/mol. The second-order valence-electron chi connectivity index (χ2n) is 4.09. The monoisotopic (exact) mass is 289 g/mol. The summed E-state index contributed by atoms with van der Waals surface area (Å²) >= 11 is 3.51. The predicted octanol–water partition coefficient (Wildman–Crippen LogP) is 3.95. The van der Waals surface area contributed by atoms with Gasteiger partial charge in [-0.1, -0.05) is 58.4 Å². The molecule has 0 heterocycles. The normalized spacial score (nSPS) is 12.4. The summed E-state index contributed by atoms with van der Waals surface area (Å²) in [6.07, 6.45) is 1.000. The average Bonchev–Trinajstić information content (AvgIpc) is 2.37. The molecule has 2 aromatic rings. The molecule has 0 bridgehead atoms. The smallest absolute Gasteiger partial charge is 0.0358 e. The van der Waals surface area contributed by atoms with Crippen LogP contribution in [0.3, 0.4) is 0 Å². The highest BCUT2D eigenvalue weighted by molar-refractivity contribution is 9.10. The molecule has 0 saturated carbocycles. The highest BCUT2D eigenvalue weighted by Gasteiger charge is 2.09. The van der Waals surface area contributed by atoms with Crippen LogP contribution in [0, 0.1) is 0 Å². The van der Waals surface area contributed by atoms with Crippen LogP contribution in [0.4, 0.5) is 0 Å². The van der Waals surface area contributed by atoms with Crippen molar-refractivity contribution in [2.24, 2.45) is 0 Å². The molecule has 2 rings (SSSR count). The zero-order chi connectivity index (χ0) is 12.1.